The fourth-order valence-electron chi connectivity index (χ4n) is 2.85. The van der Waals surface area contributed by atoms with Gasteiger partial charge in [0.1, 0.15) is 11.4 Å². The maximum atomic E-state index is 13.2. The summed E-state index contributed by atoms with van der Waals surface area (Å²) in [7, 11) is 3.39. The molecule has 0 spiro atoms. The van der Waals surface area contributed by atoms with Crippen molar-refractivity contribution in [2.24, 2.45) is 7.05 Å². The lowest BCUT2D eigenvalue weighted by Gasteiger charge is -2.20. The number of ether oxygens (including phenoxy) is 1. The Kier molecular flexibility index (Phi) is 4.60. The van der Waals surface area contributed by atoms with E-state index in [1.165, 1.54) is 11.3 Å². The Morgan fingerprint density at radius 2 is 2.00 bits per heavy atom. The molecule has 6 nitrogen and oxygen atoms in total. The highest BCUT2D eigenvalue weighted by molar-refractivity contribution is 7.22. The maximum Gasteiger partial charge on any atom is 0.278 e. The summed E-state index contributed by atoms with van der Waals surface area (Å²) in [5.74, 6) is 0.608. The zero-order valence-electron chi connectivity index (χ0n) is 15.0. The van der Waals surface area contributed by atoms with Gasteiger partial charge >= 0.3 is 0 Å². The zero-order valence-corrected chi connectivity index (χ0v) is 15.8. The first kappa shape index (κ1) is 17.2. The Balaban J connectivity index is 1.77. The number of nitrogens with zero attached hydrogens (tertiary/aromatic N) is 4. The van der Waals surface area contributed by atoms with Gasteiger partial charge in [0, 0.05) is 19.3 Å². The molecule has 0 aliphatic rings. The molecule has 1 amide bonds. The molecule has 4 rings (SSSR count). The lowest BCUT2D eigenvalue weighted by Crippen LogP contribution is -2.31. The van der Waals surface area contributed by atoms with E-state index >= 15 is 0 Å². The number of rotatable bonds is 5. The standard InChI is InChI=1S/C20H18N4O2S/c1-23-17(10-11-21-23)19(25)24(13-14-6-4-3-5-7-14)20-22-16-12-15(26-2)8-9-18(16)27-20/h3-12H,13H2,1-2H3. The van der Waals surface area contributed by atoms with Crippen LogP contribution in [0.2, 0.25) is 0 Å². The number of carbonyl (C=O) groups excluding carboxylic acids is 1. The number of hydrogen-bond donors (Lipinski definition) is 0. The van der Waals surface area contributed by atoms with Crippen molar-refractivity contribution in [2.45, 2.75) is 6.54 Å². The second-order valence-electron chi connectivity index (χ2n) is 6.05. The van der Waals surface area contributed by atoms with Crippen LogP contribution in [0.4, 0.5) is 5.13 Å². The minimum atomic E-state index is -0.134. The predicted octanol–water partition coefficient (Wildman–Crippen LogP) is 3.89. The van der Waals surface area contributed by atoms with Gasteiger partial charge in [-0.3, -0.25) is 14.4 Å². The first-order chi connectivity index (χ1) is 13.2. The minimum absolute atomic E-state index is 0.134. The molecule has 0 N–H and O–H groups in total. The molecule has 27 heavy (non-hydrogen) atoms. The molecule has 2 aromatic heterocycles. The van der Waals surface area contributed by atoms with Gasteiger partial charge in [0.25, 0.3) is 5.91 Å². The summed E-state index contributed by atoms with van der Waals surface area (Å²) in [4.78, 5) is 19.6. The number of thiazole rings is 1. The van der Waals surface area contributed by atoms with Gasteiger partial charge in [0.05, 0.1) is 23.9 Å². The van der Waals surface area contributed by atoms with Gasteiger partial charge in [-0.2, -0.15) is 5.10 Å². The van der Waals surface area contributed by atoms with Crippen LogP contribution < -0.4 is 9.64 Å². The highest BCUT2D eigenvalue weighted by atomic mass is 32.1. The van der Waals surface area contributed by atoms with E-state index in [1.54, 1.807) is 36.0 Å². The van der Waals surface area contributed by atoms with Crippen LogP contribution in [-0.4, -0.2) is 27.8 Å². The molecule has 0 atom stereocenters. The largest absolute Gasteiger partial charge is 0.497 e. The third-order valence-corrected chi connectivity index (χ3v) is 5.34. The Labute approximate surface area is 160 Å². The number of benzene rings is 2. The summed E-state index contributed by atoms with van der Waals surface area (Å²) in [5.41, 5.74) is 2.36. The molecule has 2 aromatic carbocycles. The quantitative estimate of drug-likeness (QED) is 0.529. The number of hydrogen-bond acceptors (Lipinski definition) is 5. The van der Waals surface area contributed by atoms with Gasteiger partial charge < -0.3 is 4.74 Å². The Hall–Kier alpha value is -3.19. The Bertz CT molecular complexity index is 1090. The molecule has 0 bridgehead atoms. The van der Waals surface area contributed by atoms with Crippen LogP contribution in [0, 0.1) is 0 Å². The fraction of sp³-hybridized carbons (Fsp3) is 0.150. The first-order valence-corrected chi connectivity index (χ1v) is 9.26. The van der Waals surface area contributed by atoms with E-state index in [1.807, 2.05) is 48.5 Å². The number of anilines is 1. The third-order valence-electron chi connectivity index (χ3n) is 4.28. The van der Waals surface area contributed by atoms with Gasteiger partial charge in [-0.1, -0.05) is 41.7 Å². The van der Waals surface area contributed by atoms with E-state index in [4.69, 9.17) is 9.72 Å². The van der Waals surface area contributed by atoms with Crippen molar-refractivity contribution in [3.63, 3.8) is 0 Å². The van der Waals surface area contributed by atoms with Crippen molar-refractivity contribution in [2.75, 3.05) is 12.0 Å². The first-order valence-electron chi connectivity index (χ1n) is 8.44. The predicted molar refractivity (Wildman–Crippen MR) is 106 cm³/mol. The van der Waals surface area contributed by atoms with Gasteiger partial charge in [-0.05, 0) is 23.8 Å². The van der Waals surface area contributed by atoms with E-state index < -0.39 is 0 Å². The van der Waals surface area contributed by atoms with E-state index in [9.17, 15) is 4.79 Å². The van der Waals surface area contributed by atoms with E-state index in [0.717, 1.165) is 21.5 Å². The fourth-order valence-corrected chi connectivity index (χ4v) is 3.80. The van der Waals surface area contributed by atoms with Gasteiger partial charge in [-0.15, -0.1) is 0 Å². The van der Waals surface area contributed by atoms with E-state index in [-0.39, 0.29) is 5.91 Å². The molecule has 0 radical (unpaired) electrons. The smallest absolute Gasteiger partial charge is 0.278 e. The lowest BCUT2D eigenvalue weighted by atomic mass is 10.2. The van der Waals surface area contributed by atoms with Crippen molar-refractivity contribution in [3.8, 4) is 5.75 Å². The molecule has 2 heterocycles. The molecule has 0 saturated heterocycles. The van der Waals surface area contributed by atoms with E-state index in [2.05, 4.69) is 5.10 Å². The molecule has 4 aromatic rings. The van der Waals surface area contributed by atoms with Gasteiger partial charge in [0.2, 0.25) is 0 Å². The third kappa shape index (κ3) is 3.41. The summed E-state index contributed by atoms with van der Waals surface area (Å²) in [6.07, 6.45) is 1.62. The number of aromatic nitrogens is 3. The number of methoxy groups -OCH3 is 1. The van der Waals surface area contributed by atoms with Crippen molar-refractivity contribution in [1.29, 1.82) is 0 Å². The summed E-state index contributed by atoms with van der Waals surface area (Å²) in [6, 6.07) is 17.3. The van der Waals surface area contributed by atoms with E-state index in [0.29, 0.717) is 17.4 Å². The molecule has 0 unspecified atom stereocenters. The topological polar surface area (TPSA) is 60.2 Å². The summed E-state index contributed by atoms with van der Waals surface area (Å²) < 4.78 is 7.86. The minimum Gasteiger partial charge on any atom is -0.497 e. The summed E-state index contributed by atoms with van der Waals surface area (Å²) in [5, 5.41) is 4.77. The average Bonchev–Trinajstić information content (AvgIpc) is 3.31. The zero-order chi connectivity index (χ0) is 18.8. The number of amides is 1. The van der Waals surface area contributed by atoms with Crippen molar-refractivity contribution in [3.05, 3.63) is 72.1 Å². The average molecular weight is 378 g/mol. The SMILES string of the molecule is COc1ccc2sc(N(Cc3ccccc3)C(=O)c3ccnn3C)nc2c1. The number of fused-ring (bicyclic) bond motifs is 1. The summed E-state index contributed by atoms with van der Waals surface area (Å²) in [6.45, 7) is 0.432. The van der Waals surface area contributed by atoms with Crippen LogP contribution in [0.15, 0.2) is 60.8 Å². The molecule has 136 valence electrons. The highest BCUT2D eigenvalue weighted by Gasteiger charge is 2.24. The van der Waals surface area contributed by atoms with Crippen LogP contribution in [0.25, 0.3) is 10.2 Å². The van der Waals surface area contributed by atoms with Crippen molar-refractivity contribution in [1.82, 2.24) is 14.8 Å². The van der Waals surface area contributed by atoms with Crippen LogP contribution >= 0.6 is 11.3 Å². The molecular weight excluding hydrogens is 360 g/mol. The van der Waals surface area contributed by atoms with Crippen LogP contribution in [0.5, 0.6) is 5.75 Å². The Morgan fingerprint density at radius 1 is 1.19 bits per heavy atom. The maximum absolute atomic E-state index is 13.2. The molecule has 0 saturated carbocycles. The van der Waals surface area contributed by atoms with Crippen LogP contribution in [0.3, 0.4) is 0 Å². The molecule has 0 aliphatic carbocycles. The lowest BCUT2D eigenvalue weighted by molar-refractivity contribution is 0.0976. The van der Waals surface area contributed by atoms with Gasteiger partial charge in [-0.25, -0.2) is 4.98 Å². The molecular formula is C20H18N4O2S. The summed E-state index contributed by atoms with van der Waals surface area (Å²) >= 11 is 1.48. The monoisotopic (exact) mass is 378 g/mol. The highest BCUT2D eigenvalue weighted by Crippen LogP contribution is 2.32. The Morgan fingerprint density at radius 3 is 2.70 bits per heavy atom. The normalized spacial score (nSPS) is 10.9. The van der Waals surface area contributed by atoms with Crippen LogP contribution in [-0.2, 0) is 13.6 Å². The molecule has 0 fully saturated rings. The van der Waals surface area contributed by atoms with Gasteiger partial charge in [0.15, 0.2) is 5.13 Å². The molecule has 7 heteroatoms. The number of aryl methyl sites for hydroxylation is 1. The van der Waals surface area contributed by atoms with Crippen molar-refractivity contribution >= 4 is 32.6 Å². The second kappa shape index (κ2) is 7.20. The van der Waals surface area contributed by atoms with Crippen molar-refractivity contribution < 1.29 is 9.53 Å². The number of carbonyl (C=O) groups is 1. The molecule has 0 aliphatic heterocycles. The van der Waals surface area contributed by atoms with Crippen LogP contribution in [0.1, 0.15) is 16.1 Å². The second-order valence-corrected chi connectivity index (χ2v) is 7.06.